The maximum Gasteiger partial charge on any atom is 0.436 e. The fourth-order valence-electron chi connectivity index (χ4n) is 8.38. The lowest BCUT2D eigenvalue weighted by Gasteiger charge is -2.17. The van der Waals surface area contributed by atoms with Gasteiger partial charge in [0.05, 0.1) is 24.7 Å². The van der Waals surface area contributed by atoms with Crippen LogP contribution >= 0.6 is 0 Å². The molecule has 3 aliphatic carbocycles. The Bertz CT molecular complexity index is 2420. The molecule has 5 aliphatic rings. The highest BCUT2D eigenvalue weighted by Gasteiger charge is 2.47. The van der Waals surface area contributed by atoms with Gasteiger partial charge < -0.3 is 26.0 Å². The molecule has 1 amide bonds. The smallest absolute Gasteiger partial charge is 0.436 e. The van der Waals surface area contributed by atoms with Gasteiger partial charge >= 0.3 is 18.3 Å². The molecule has 16 nitrogen and oxygen atoms in total. The van der Waals surface area contributed by atoms with Gasteiger partial charge in [0, 0.05) is 80.7 Å². The lowest BCUT2D eigenvalue weighted by atomic mass is 10.1. The van der Waals surface area contributed by atoms with Crippen molar-refractivity contribution in [3.8, 4) is 0 Å². The Morgan fingerprint density at radius 3 is 1.65 bits per heavy atom. The third-order valence-electron chi connectivity index (χ3n) is 11.6. The number of nitrogen functional groups attached to an aromatic ring is 1. The van der Waals surface area contributed by atoms with Gasteiger partial charge in [-0.05, 0) is 66.5 Å². The van der Waals surface area contributed by atoms with Crippen LogP contribution in [-0.2, 0) is 31.9 Å². The molecular formula is C38H37F6N13O3. The van der Waals surface area contributed by atoms with Crippen molar-refractivity contribution in [2.75, 3.05) is 41.7 Å². The molecule has 2 saturated carbocycles. The fraction of sp³-hybridized carbons (Fsp3) is 0.447. The summed E-state index contributed by atoms with van der Waals surface area (Å²) < 4.78 is 81.7. The first-order chi connectivity index (χ1) is 28.6. The van der Waals surface area contributed by atoms with E-state index >= 15 is 0 Å². The number of hydrogen-bond acceptors (Lipinski definition) is 12. The van der Waals surface area contributed by atoms with Gasteiger partial charge in [-0.15, -0.1) is 0 Å². The van der Waals surface area contributed by atoms with E-state index in [1.54, 1.807) is 18.5 Å². The summed E-state index contributed by atoms with van der Waals surface area (Å²) in [7, 11) is 0. The summed E-state index contributed by atoms with van der Waals surface area (Å²) in [5, 5.41) is 18.7. The number of carbonyl (C=O) groups is 2. The van der Waals surface area contributed by atoms with Gasteiger partial charge in [-0.2, -0.15) is 36.5 Å². The Morgan fingerprint density at radius 2 is 1.20 bits per heavy atom. The first-order valence-corrected chi connectivity index (χ1v) is 19.3. The third kappa shape index (κ3) is 8.01. The molecule has 4 fully saturated rings. The van der Waals surface area contributed by atoms with Crippen LogP contribution in [-0.4, -0.2) is 87.6 Å². The zero-order chi connectivity index (χ0) is 42.1. The number of carbonyl (C=O) groups excluding carboxylic acids is 1. The van der Waals surface area contributed by atoms with Crippen molar-refractivity contribution in [2.24, 2.45) is 23.7 Å². The van der Waals surface area contributed by atoms with Crippen molar-refractivity contribution < 1.29 is 41.0 Å². The number of carboxylic acids is 1. The van der Waals surface area contributed by atoms with E-state index in [-0.39, 0.29) is 13.1 Å². The summed E-state index contributed by atoms with van der Waals surface area (Å²) >= 11 is 0. The molecule has 0 radical (unpaired) electrons. The standard InChI is InChI=1S/C23H23F3N8O.C15H14F3N5O2/c24-23(25,26)19-17(21(35)31-18-2-1-16-15(18)3-4-28-20(16)27)11-34(32-19)8-12-6-29-22(30-7-12)33-9-13-5-14(13)10-33;16-15(17,18)12-11(13(24)25)7-23(21-12)4-8-2-19-14(20-3-8)22-5-9-1-10(9)6-22/h3-4,6-7,11,13-14,18H,1-2,5,8-10H2,(H2,27,28)(H,31,35);2-3,7,9-10H,1,4-6H2,(H,24,25)/t13?,14?,18-;/m1./s1. The van der Waals surface area contributed by atoms with Crippen molar-refractivity contribution in [1.29, 1.82) is 0 Å². The number of aromatic nitrogens is 9. The van der Waals surface area contributed by atoms with Crippen LogP contribution in [0, 0.1) is 23.7 Å². The molecule has 0 spiro atoms. The second kappa shape index (κ2) is 14.7. The van der Waals surface area contributed by atoms with Crippen molar-refractivity contribution >= 4 is 29.6 Å². The summed E-state index contributed by atoms with van der Waals surface area (Å²) in [4.78, 5) is 49.4. The normalized spacial score (nSPS) is 22.5. The molecule has 7 heterocycles. The largest absolute Gasteiger partial charge is 0.478 e. The lowest BCUT2D eigenvalue weighted by molar-refractivity contribution is -0.142. The van der Waals surface area contributed by atoms with Crippen molar-refractivity contribution in [1.82, 2.24) is 49.8 Å². The van der Waals surface area contributed by atoms with Gasteiger partial charge in [-0.25, -0.2) is 29.7 Å². The summed E-state index contributed by atoms with van der Waals surface area (Å²) in [6, 6.07) is 1.29. The van der Waals surface area contributed by atoms with E-state index in [4.69, 9.17) is 10.8 Å². The van der Waals surface area contributed by atoms with E-state index in [9.17, 15) is 35.9 Å². The number of fused-ring (bicyclic) bond motifs is 3. The number of pyridine rings is 1. The Morgan fingerprint density at radius 1 is 0.733 bits per heavy atom. The highest BCUT2D eigenvalue weighted by atomic mass is 19.4. The number of hydrogen-bond donors (Lipinski definition) is 3. The number of nitrogens with zero attached hydrogens (tertiary/aromatic N) is 11. The summed E-state index contributed by atoms with van der Waals surface area (Å²) in [5.74, 6) is 2.06. The Balaban J connectivity index is 0.000000163. The number of alkyl halides is 6. The number of halogens is 6. The molecule has 22 heteroatoms. The van der Waals surface area contributed by atoms with Crippen LogP contribution in [0.5, 0.6) is 0 Å². The Hall–Kier alpha value is -6.35. The van der Waals surface area contributed by atoms with Gasteiger partial charge in [0.1, 0.15) is 11.4 Å². The fourth-order valence-corrected chi connectivity index (χ4v) is 8.38. The predicted molar refractivity (Wildman–Crippen MR) is 198 cm³/mol. The highest BCUT2D eigenvalue weighted by molar-refractivity contribution is 5.95. The number of nitrogens with one attached hydrogen (secondary N) is 1. The minimum Gasteiger partial charge on any atom is -0.478 e. The van der Waals surface area contributed by atoms with E-state index in [1.165, 1.54) is 31.4 Å². The van der Waals surface area contributed by atoms with E-state index in [0.717, 1.165) is 82.7 Å². The van der Waals surface area contributed by atoms with E-state index < -0.39 is 52.8 Å². The first kappa shape index (κ1) is 39.1. The molecule has 314 valence electrons. The third-order valence-corrected chi connectivity index (χ3v) is 11.6. The summed E-state index contributed by atoms with van der Waals surface area (Å²) in [6.45, 7) is 3.76. The topological polar surface area (TPSA) is 199 Å². The van der Waals surface area contributed by atoms with E-state index in [0.29, 0.717) is 41.7 Å². The van der Waals surface area contributed by atoms with Crippen LogP contribution in [0.1, 0.15) is 79.7 Å². The second-order valence-electron chi connectivity index (χ2n) is 15.9. The number of piperidine rings is 2. The van der Waals surface area contributed by atoms with Crippen LogP contribution in [0.15, 0.2) is 49.4 Å². The summed E-state index contributed by atoms with van der Waals surface area (Å²) in [6.07, 6.45) is 3.82. The van der Waals surface area contributed by atoms with Crippen LogP contribution in [0.3, 0.4) is 0 Å². The summed E-state index contributed by atoms with van der Waals surface area (Å²) in [5.41, 5.74) is 4.58. The maximum atomic E-state index is 13.7. The van der Waals surface area contributed by atoms with Crippen LogP contribution < -0.4 is 20.9 Å². The number of rotatable bonds is 9. The van der Waals surface area contributed by atoms with Crippen molar-refractivity contribution in [2.45, 2.75) is 57.2 Å². The maximum absolute atomic E-state index is 13.7. The molecule has 0 aromatic carbocycles. The molecule has 2 saturated heterocycles. The van der Waals surface area contributed by atoms with Crippen molar-refractivity contribution in [3.05, 3.63) is 94.2 Å². The molecule has 2 aliphatic heterocycles. The molecule has 60 heavy (non-hydrogen) atoms. The minimum absolute atomic E-state index is 0.0103. The molecular weight excluding hydrogens is 800 g/mol. The van der Waals surface area contributed by atoms with E-state index in [2.05, 4.69) is 50.2 Å². The van der Waals surface area contributed by atoms with Gasteiger partial charge in [0.2, 0.25) is 11.9 Å². The van der Waals surface area contributed by atoms with Crippen LogP contribution in [0.25, 0.3) is 0 Å². The average Bonchev–Trinajstić information content (AvgIpc) is 3.66. The average molecular weight is 838 g/mol. The van der Waals surface area contributed by atoms with E-state index in [1.807, 2.05) is 0 Å². The number of amides is 1. The lowest BCUT2D eigenvalue weighted by Crippen LogP contribution is -2.28. The van der Waals surface area contributed by atoms with Gasteiger partial charge in [0.15, 0.2) is 11.4 Å². The Labute approximate surface area is 336 Å². The molecule has 5 aromatic rings. The molecule has 5 atom stereocenters. The molecule has 4 N–H and O–H groups in total. The van der Waals surface area contributed by atoms with Crippen LogP contribution in [0.2, 0.25) is 0 Å². The zero-order valence-corrected chi connectivity index (χ0v) is 31.6. The SMILES string of the molecule is Nc1nccc2c1CC[C@H]2NC(=O)c1cn(Cc2cnc(N3CC4CC4C3)nc2)nc1C(F)(F)F.O=C(O)c1cn(Cc2cnc(N3CC4CC4C3)nc2)nc1C(F)(F)F. The van der Waals surface area contributed by atoms with Gasteiger partial charge in [-0.1, -0.05) is 0 Å². The monoisotopic (exact) mass is 837 g/mol. The minimum atomic E-state index is -4.82. The van der Waals surface area contributed by atoms with Gasteiger partial charge in [0.25, 0.3) is 5.91 Å². The van der Waals surface area contributed by atoms with Gasteiger partial charge in [-0.3, -0.25) is 14.2 Å². The number of nitrogens with two attached hydrogens (primary N) is 1. The number of anilines is 3. The quantitative estimate of drug-likeness (QED) is 0.176. The number of aromatic carboxylic acids is 1. The zero-order valence-electron chi connectivity index (χ0n) is 31.6. The second-order valence-corrected chi connectivity index (χ2v) is 15.9. The Kier molecular flexibility index (Phi) is 9.61. The number of carboxylic acid groups (broad SMARTS) is 1. The highest BCUT2D eigenvalue weighted by Crippen LogP contribution is 2.46. The molecule has 4 unspecified atom stereocenters. The molecule has 10 rings (SSSR count). The molecule has 0 bridgehead atoms. The molecule has 5 aromatic heterocycles. The predicted octanol–water partition coefficient (Wildman–Crippen LogP) is 4.49. The van der Waals surface area contributed by atoms with Crippen molar-refractivity contribution in [3.63, 3.8) is 0 Å². The first-order valence-electron chi connectivity index (χ1n) is 19.3. The van der Waals surface area contributed by atoms with Crippen LogP contribution in [0.4, 0.5) is 44.1 Å².